The zero-order chi connectivity index (χ0) is 14.5. The number of halogens is 3. The number of hydrogen-bond acceptors (Lipinski definition) is 2. The van der Waals surface area contributed by atoms with Crippen LogP contribution < -0.4 is 0 Å². The van der Waals surface area contributed by atoms with E-state index < -0.39 is 7.09 Å². The summed E-state index contributed by atoms with van der Waals surface area (Å²) in [5.74, 6) is 0. The summed E-state index contributed by atoms with van der Waals surface area (Å²) in [6.45, 7) is 1.21. The van der Waals surface area contributed by atoms with E-state index in [1.54, 1.807) is 0 Å². The maximum absolute atomic E-state index is 6.17. The molecule has 0 atom stereocenters. The van der Waals surface area contributed by atoms with Gasteiger partial charge in [0, 0.05) is 0 Å². The topological polar surface area (TPSA) is 18.5 Å². The van der Waals surface area contributed by atoms with Gasteiger partial charge in [0.05, 0.1) is 0 Å². The van der Waals surface area contributed by atoms with E-state index in [0.29, 0.717) is 13.2 Å². The van der Waals surface area contributed by atoms with Crippen LogP contribution in [0.1, 0.15) is 11.1 Å². The molecule has 0 spiro atoms. The molecule has 2 aromatic rings. The predicted octanol–water partition coefficient (Wildman–Crippen LogP) is 5.99. The minimum absolute atomic E-state index is 0.607. The van der Waals surface area contributed by atoms with Gasteiger partial charge in [-0.15, -0.1) is 0 Å². The van der Waals surface area contributed by atoms with Gasteiger partial charge in [-0.1, -0.05) is 0 Å². The molecule has 20 heavy (non-hydrogen) atoms. The van der Waals surface area contributed by atoms with E-state index >= 15 is 0 Å². The van der Waals surface area contributed by atoms with Crippen LogP contribution in [0.5, 0.6) is 0 Å². The van der Waals surface area contributed by atoms with Crippen molar-refractivity contribution in [3.63, 3.8) is 0 Å². The zero-order valence-electron chi connectivity index (χ0n) is 10.6. The number of benzene rings is 2. The molecule has 6 heteroatoms. The third kappa shape index (κ3) is 6.68. The van der Waals surface area contributed by atoms with Crippen LogP contribution in [0.15, 0.2) is 60.7 Å². The van der Waals surface area contributed by atoms with Crippen molar-refractivity contribution in [2.45, 2.75) is 13.2 Å². The van der Waals surface area contributed by atoms with Gasteiger partial charge in [0.2, 0.25) is 0 Å². The van der Waals surface area contributed by atoms with Crippen molar-refractivity contribution in [2.75, 3.05) is 0 Å². The van der Waals surface area contributed by atoms with Gasteiger partial charge in [-0.25, -0.2) is 0 Å². The number of hydrogen-bond donors (Lipinski definition) is 0. The molecule has 0 fully saturated rings. The van der Waals surface area contributed by atoms with E-state index in [-0.39, 0.29) is 0 Å². The summed E-state index contributed by atoms with van der Waals surface area (Å²) >= 11 is 7.21. The van der Waals surface area contributed by atoms with Crippen LogP contribution in [0.3, 0.4) is 0 Å². The van der Waals surface area contributed by atoms with E-state index in [4.69, 9.17) is 5.63 Å². The minimum atomic E-state index is -3.55. The molecule has 2 nitrogen and oxygen atoms in total. The second-order valence-corrected chi connectivity index (χ2v) is 80.9. The van der Waals surface area contributed by atoms with E-state index in [0.717, 1.165) is 0 Å². The standard InChI is InChI=1S/2C7H7O.3HI.Zr/c2*8-6-7-4-2-1-3-5-7;;;;/h2*1-5H,6H2;3*1H;/q2*-1;;;;+5/p-3. The van der Waals surface area contributed by atoms with Gasteiger partial charge in [-0.3, -0.25) is 0 Å². The van der Waals surface area contributed by atoms with E-state index in [9.17, 15) is 0 Å². The summed E-state index contributed by atoms with van der Waals surface area (Å²) in [5, 5.41) is 0. The summed E-state index contributed by atoms with van der Waals surface area (Å²) in [5.41, 5.74) is 2.36. The molecule has 0 aliphatic carbocycles. The van der Waals surface area contributed by atoms with Gasteiger partial charge in [-0.2, -0.15) is 0 Å². The molecule has 0 bridgehead atoms. The Hall–Kier alpha value is 1.43. The average molecular weight is 686 g/mol. The summed E-state index contributed by atoms with van der Waals surface area (Å²) < 4.78 is 12.3. The van der Waals surface area contributed by atoms with Crippen LogP contribution in [0.25, 0.3) is 0 Å². The van der Waals surface area contributed by atoms with Gasteiger partial charge >= 0.3 is 152 Å². The van der Waals surface area contributed by atoms with Gasteiger partial charge in [0.1, 0.15) is 0 Å². The maximum atomic E-state index is 6.17. The van der Waals surface area contributed by atoms with Gasteiger partial charge in [0.15, 0.2) is 0 Å². The molecule has 0 aromatic heterocycles. The number of rotatable bonds is 6. The molecule has 0 unspecified atom stereocenters. The molecule has 0 saturated heterocycles. The average Bonchev–Trinajstić information content (AvgIpc) is 2.46. The fourth-order valence-corrected chi connectivity index (χ4v) is 9.22. The second-order valence-electron chi connectivity index (χ2n) is 4.31. The Morgan fingerprint density at radius 1 is 0.650 bits per heavy atom. The van der Waals surface area contributed by atoms with E-state index in [2.05, 4.69) is 78.4 Å². The Kier molecular flexibility index (Phi) is 6.94. The van der Waals surface area contributed by atoms with Crippen molar-refractivity contribution >= 4 is 54.1 Å². The Labute approximate surface area is 149 Å². The summed E-state index contributed by atoms with van der Waals surface area (Å²) in [4.78, 5) is 0. The van der Waals surface area contributed by atoms with Crippen molar-refractivity contribution in [3.05, 3.63) is 71.8 Å². The molecule has 0 aliphatic rings. The van der Waals surface area contributed by atoms with Crippen LogP contribution in [0.2, 0.25) is 0 Å². The van der Waals surface area contributed by atoms with E-state index in [1.165, 1.54) is 11.1 Å². The van der Waals surface area contributed by atoms with Crippen LogP contribution >= 0.6 is 54.1 Å². The van der Waals surface area contributed by atoms with Gasteiger partial charge in [0.25, 0.3) is 0 Å². The Balaban J connectivity index is 1.93. The third-order valence-electron chi connectivity index (χ3n) is 2.61. The van der Waals surface area contributed by atoms with Gasteiger partial charge < -0.3 is 0 Å². The van der Waals surface area contributed by atoms with E-state index in [1.807, 2.05) is 36.4 Å². The molecule has 0 N–H and O–H groups in total. The molecular weight excluding hydrogens is 672 g/mol. The molecule has 0 aliphatic heterocycles. The monoisotopic (exact) mass is 685 g/mol. The second kappa shape index (κ2) is 7.81. The first-order valence-electron chi connectivity index (χ1n) is 6.08. The van der Waals surface area contributed by atoms with Crippen LogP contribution in [-0.4, -0.2) is 0 Å². The van der Waals surface area contributed by atoms with Crippen molar-refractivity contribution in [1.82, 2.24) is 0 Å². The molecule has 0 saturated carbocycles. The quantitative estimate of drug-likeness (QED) is 0.348. The molecular formula is C14H14I3O2Zr. The molecule has 2 aromatic carbocycles. The first-order chi connectivity index (χ1) is 9.42. The molecule has 107 valence electrons. The summed E-state index contributed by atoms with van der Waals surface area (Å²) in [6, 6.07) is 20.4. The Morgan fingerprint density at radius 2 is 1.00 bits per heavy atom. The molecule has 0 amide bonds. The fourth-order valence-electron chi connectivity index (χ4n) is 1.58. The van der Waals surface area contributed by atoms with Crippen molar-refractivity contribution in [3.8, 4) is 0 Å². The van der Waals surface area contributed by atoms with Crippen molar-refractivity contribution in [2.24, 2.45) is 0 Å². The molecule has 2 rings (SSSR count). The van der Waals surface area contributed by atoms with Crippen LogP contribution in [0, 0.1) is 0 Å². The molecule has 0 heterocycles. The van der Waals surface area contributed by atoms with Crippen LogP contribution in [-0.2, 0) is 25.9 Å². The van der Waals surface area contributed by atoms with Crippen molar-refractivity contribution in [1.29, 1.82) is 0 Å². The fraction of sp³-hybridized carbons (Fsp3) is 0.143. The first kappa shape index (κ1) is 17.8. The van der Waals surface area contributed by atoms with Crippen molar-refractivity contribution < 1.29 is 12.7 Å². The summed E-state index contributed by atoms with van der Waals surface area (Å²) in [7, 11) is -3.55. The first-order valence-corrected chi connectivity index (χ1v) is 30.0. The zero-order valence-corrected chi connectivity index (χ0v) is 19.6. The Morgan fingerprint density at radius 3 is 1.35 bits per heavy atom. The van der Waals surface area contributed by atoms with Crippen LogP contribution in [0.4, 0.5) is 0 Å². The Bertz CT molecular complexity index is 493. The molecule has 0 radical (unpaired) electrons. The summed E-state index contributed by atoms with van der Waals surface area (Å²) in [6.07, 6.45) is 0. The van der Waals surface area contributed by atoms with Gasteiger partial charge in [-0.05, 0) is 0 Å². The predicted molar refractivity (Wildman–Crippen MR) is 105 cm³/mol. The SMILES string of the molecule is [I][Zr]([I])([I])([O]Cc1ccccc1)[O]Cc1ccccc1. The third-order valence-corrected chi connectivity index (χ3v) is 16.6. The normalized spacial score (nSPS) is 13.7.